The van der Waals surface area contributed by atoms with E-state index in [-0.39, 0.29) is 28.2 Å². The van der Waals surface area contributed by atoms with Crippen molar-refractivity contribution in [2.75, 3.05) is 20.8 Å². The molecule has 0 saturated carbocycles. The van der Waals surface area contributed by atoms with Gasteiger partial charge in [0.1, 0.15) is 5.75 Å². The first-order valence-corrected chi connectivity index (χ1v) is 11.8. The number of hydrogen-bond acceptors (Lipinski definition) is 7. The molecule has 0 aromatic heterocycles. The van der Waals surface area contributed by atoms with E-state index >= 15 is 0 Å². The molecular weight excluding hydrogens is 470 g/mol. The van der Waals surface area contributed by atoms with E-state index in [2.05, 4.69) is 5.32 Å². The predicted molar refractivity (Wildman–Crippen MR) is 132 cm³/mol. The number of carbonyl (C=O) groups excluding carboxylic acids is 2. The van der Waals surface area contributed by atoms with Crippen molar-refractivity contribution in [2.24, 2.45) is 0 Å². The van der Waals surface area contributed by atoms with Gasteiger partial charge in [0.2, 0.25) is 0 Å². The van der Waals surface area contributed by atoms with Crippen molar-refractivity contribution in [3.05, 3.63) is 75.1 Å². The fraction of sp³-hybridized carbons (Fsp3) is 0.333. The Kier molecular flexibility index (Phi) is 7.08. The van der Waals surface area contributed by atoms with Gasteiger partial charge in [-0.1, -0.05) is 23.7 Å². The van der Waals surface area contributed by atoms with Gasteiger partial charge in [-0.25, -0.2) is 4.79 Å². The molecule has 7 nitrogen and oxygen atoms in total. The van der Waals surface area contributed by atoms with E-state index in [9.17, 15) is 14.7 Å². The minimum absolute atomic E-state index is 0.0184. The SMILES string of the molecule is CCOc1cc(C2C(C(=O)OC)=C(C)NC3=C2C(=O)CC(c2ccc(OC)cc2)C3)cc(Cl)c1O. The first-order valence-electron chi connectivity index (χ1n) is 11.4. The molecule has 1 heterocycles. The molecule has 2 aromatic carbocycles. The topological polar surface area (TPSA) is 94.1 Å². The lowest BCUT2D eigenvalue weighted by molar-refractivity contribution is -0.136. The summed E-state index contributed by atoms with van der Waals surface area (Å²) in [5.41, 5.74) is 3.80. The van der Waals surface area contributed by atoms with E-state index in [0.717, 1.165) is 17.0 Å². The van der Waals surface area contributed by atoms with E-state index in [4.69, 9.17) is 25.8 Å². The summed E-state index contributed by atoms with van der Waals surface area (Å²) in [5, 5.41) is 13.7. The van der Waals surface area contributed by atoms with Crippen LogP contribution in [0, 0.1) is 0 Å². The molecule has 0 spiro atoms. The van der Waals surface area contributed by atoms with Gasteiger partial charge in [0.25, 0.3) is 0 Å². The third-order valence-electron chi connectivity index (χ3n) is 6.50. The van der Waals surface area contributed by atoms with Crippen LogP contribution >= 0.6 is 11.6 Å². The number of ketones is 1. The Morgan fingerprint density at radius 2 is 1.86 bits per heavy atom. The highest BCUT2D eigenvalue weighted by atomic mass is 35.5. The Balaban J connectivity index is 1.82. The number of aromatic hydroxyl groups is 1. The first-order chi connectivity index (χ1) is 16.8. The maximum Gasteiger partial charge on any atom is 0.336 e. The monoisotopic (exact) mass is 497 g/mol. The number of halogens is 1. The van der Waals surface area contributed by atoms with Crippen molar-refractivity contribution in [3.8, 4) is 17.2 Å². The van der Waals surface area contributed by atoms with Crippen molar-refractivity contribution >= 4 is 23.4 Å². The molecule has 4 rings (SSSR count). The zero-order chi connectivity index (χ0) is 25.3. The van der Waals surface area contributed by atoms with Crippen molar-refractivity contribution < 1.29 is 28.9 Å². The smallest absolute Gasteiger partial charge is 0.336 e. The third kappa shape index (κ3) is 4.60. The van der Waals surface area contributed by atoms with Crippen LogP contribution in [0.3, 0.4) is 0 Å². The highest BCUT2D eigenvalue weighted by Gasteiger charge is 2.41. The molecule has 0 amide bonds. The van der Waals surface area contributed by atoms with E-state index in [0.29, 0.717) is 41.9 Å². The summed E-state index contributed by atoms with van der Waals surface area (Å²) in [6.07, 6.45) is 0.890. The van der Waals surface area contributed by atoms with Crippen molar-refractivity contribution in [2.45, 2.75) is 38.5 Å². The van der Waals surface area contributed by atoms with Gasteiger partial charge < -0.3 is 24.6 Å². The molecular formula is C27H28ClNO6. The zero-order valence-corrected chi connectivity index (χ0v) is 20.9. The van der Waals surface area contributed by atoms with Crippen LogP contribution in [0.4, 0.5) is 0 Å². The molecule has 2 N–H and O–H groups in total. The number of methoxy groups -OCH3 is 2. The van der Waals surface area contributed by atoms with Gasteiger partial charge in [0.15, 0.2) is 17.3 Å². The number of benzene rings is 2. The molecule has 35 heavy (non-hydrogen) atoms. The minimum Gasteiger partial charge on any atom is -0.503 e. The Morgan fingerprint density at radius 1 is 1.14 bits per heavy atom. The number of ether oxygens (including phenoxy) is 3. The summed E-state index contributed by atoms with van der Waals surface area (Å²) >= 11 is 6.32. The fourth-order valence-electron chi connectivity index (χ4n) is 4.89. The number of rotatable bonds is 6. The van der Waals surface area contributed by atoms with Gasteiger partial charge in [0.05, 0.1) is 31.4 Å². The fourth-order valence-corrected chi connectivity index (χ4v) is 5.11. The first kappa shape index (κ1) is 24.7. The molecule has 2 aliphatic rings. The summed E-state index contributed by atoms with van der Waals surface area (Å²) < 4.78 is 15.9. The summed E-state index contributed by atoms with van der Waals surface area (Å²) in [6, 6.07) is 10.9. The number of dihydropyridines is 1. The van der Waals surface area contributed by atoms with Crippen LogP contribution in [0.15, 0.2) is 58.9 Å². The molecule has 8 heteroatoms. The molecule has 0 saturated heterocycles. The molecule has 0 bridgehead atoms. The third-order valence-corrected chi connectivity index (χ3v) is 6.79. The highest BCUT2D eigenvalue weighted by molar-refractivity contribution is 6.32. The minimum atomic E-state index is -0.708. The second-order valence-corrected chi connectivity index (χ2v) is 8.97. The summed E-state index contributed by atoms with van der Waals surface area (Å²) in [5.74, 6) is -0.579. The second-order valence-electron chi connectivity index (χ2n) is 8.56. The van der Waals surface area contributed by atoms with Crippen LogP contribution in [0.1, 0.15) is 49.7 Å². The molecule has 2 atom stereocenters. The summed E-state index contributed by atoms with van der Waals surface area (Å²) in [4.78, 5) is 26.5. The number of carbonyl (C=O) groups is 2. The second kappa shape index (κ2) is 10.0. The molecule has 2 aromatic rings. The normalized spacial score (nSPS) is 19.7. The van der Waals surface area contributed by atoms with Gasteiger partial charge in [-0.3, -0.25) is 4.79 Å². The lowest BCUT2D eigenvalue weighted by atomic mass is 9.71. The van der Waals surface area contributed by atoms with E-state index in [1.165, 1.54) is 7.11 Å². The van der Waals surface area contributed by atoms with E-state index < -0.39 is 11.9 Å². The molecule has 1 aliphatic heterocycles. The van der Waals surface area contributed by atoms with Crippen molar-refractivity contribution in [1.29, 1.82) is 0 Å². The Hall–Kier alpha value is -3.45. The quantitative estimate of drug-likeness (QED) is 0.543. The zero-order valence-electron chi connectivity index (χ0n) is 20.1. The molecule has 2 unspecified atom stereocenters. The van der Waals surface area contributed by atoms with Crippen LogP contribution in [0.25, 0.3) is 0 Å². The van der Waals surface area contributed by atoms with Crippen molar-refractivity contribution in [3.63, 3.8) is 0 Å². The average Bonchev–Trinajstić information content (AvgIpc) is 2.85. The number of hydrogen-bond donors (Lipinski definition) is 2. The lowest BCUT2D eigenvalue weighted by Crippen LogP contribution is -2.36. The number of phenols is 1. The lowest BCUT2D eigenvalue weighted by Gasteiger charge is -2.36. The van der Waals surface area contributed by atoms with Gasteiger partial charge in [-0.2, -0.15) is 0 Å². The largest absolute Gasteiger partial charge is 0.503 e. The van der Waals surface area contributed by atoms with Crippen LogP contribution in [0.2, 0.25) is 5.02 Å². The molecule has 1 aliphatic carbocycles. The number of phenolic OH excluding ortho intramolecular Hbond substituents is 1. The van der Waals surface area contributed by atoms with E-state index in [1.54, 1.807) is 33.1 Å². The predicted octanol–water partition coefficient (Wildman–Crippen LogP) is 4.99. The number of esters is 1. The molecule has 0 fully saturated rings. The summed E-state index contributed by atoms with van der Waals surface area (Å²) in [7, 11) is 2.92. The van der Waals surface area contributed by atoms with Gasteiger partial charge in [-0.15, -0.1) is 0 Å². The average molecular weight is 498 g/mol. The number of nitrogens with one attached hydrogen (secondary N) is 1. The van der Waals surface area contributed by atoms with E-state index in [1.807, 2.05) is 24.3 Å². The van der Waals surface area contributed by atoms with Gasteiger partial charge in [0, 0.05) is 29.3 Å². The van der Waals surface area contributed by atoms with Crippen LogP contribution in [-0.2, 0) is 14.3 Å². The molecule has 184 valence electrons. The summed E-state index contributed by atoms with van der Waals surface area (Å²) in [6.45, 7) is 3.89. The molecule has 0 radical (unpaired) electrons. The number of allylic oxidation sites excluding steroid dienone is 3. The van der Waals surface area contributed by atoms with Gasteiger partial charge >= 0.3 is 5.97 Å². The Bertz CT molecular complexity index is 1230. The van der Waals surface area contributed by atoms with Crippen LogP contribution < -0.4 is 14.8 Å². The van der Waals surface area contributed by atoms with Crippen LogP contribution in [-0.4, -0.2) is 37.7 Å². The highest BCUT2D eigenvalue weighted by Crippen LogP contribution is 2.48. The Labute approximate surface area is 209 Å². The van der Waals surface area contributed by atoms with Gasteiger partial charge in [-0.05, 0) is 61.6 Å². The maximum atomic E-state index is 13.6. The van der Waals surface area contributed by atoms with Crippen LogP contribution in [0.5, 0.6) is 17.2 Å². The standard InChI is InChI=1S/C27H28ClNO6/c1-5-35-22-13-17(10-19(28)26(22)31)24-23(27(32)34-4)14(2)29-20-11-16(12-21(30)25(20)24)15-6-8-18(33-3)9-7-15/h6-10,13,16,24,29,31H,5,11-12H2,1-4H3. The number of Topliss-reactive ketones (excluding diaryl/α,β-unsaturated/α-hetero) is 1. The Morgan fingerprint density at radius 3 is 2.49 bits per heavy atom. The van der Waals surface area contributed by atoms with Crippen molar-refractivity contribution in [1.82, 2.24) is 5.32 Å². The maximum absolute atomic E-state index is 13.6.